The highest BCUT2D eigenvalue weighted by atomic mass is 16.1. The molecule has 1 atom stereocenters. The summed E-state index contributed by atoms with van der Waals surface area (Å²) in [6.45, 7) is 4.44. The summed E-state index contributed by atoms with van der Waals surface area (Å²) >= 11 is 0. The molecule has 0 fully saturated rings. The predicted molar refractivity (Wildman–Crippen MR) is 76.6 cm³/mol. The van der Waals surface area contributed by atoms with E-state index in [1.807, 2.05) is 19.1 Å². The van der Waals surface area contributed by atoms with Crippen LogP contribution < -0.4 is 10.6 Å². The summed E-state index contributed by atoms with van der Waals surface area (Å²) in [5.74, 6) is 1.04. The van der Waals surface area contributed by atoms with Gasteiger partial charge in [-0.25, -0.2) is 0 Å². The Morgan fingerprint density at radius 1 is 1.47 bits per heavy atom. The number of anilines is 1. The molecule has 0 saturated heterocycles. The molecule has 1 aromatic rings. The van der Waals surface area contributed by atoms with Crippen LogP contribution in [-0.4, -0.2) is 23.8 Å². The lowest BCUT2D eigenvalue weighted by Gasteiger charge is -2.35. The van der Waals surface area contributed by atoms with Crippen molar-refractivity contribution in [2.45, 2.75) is 38.6 Å². The summed E-state index contributed by atoms with van der Waals surface area (Å²) < 4.78 is 0. The van der Waals surface area contributed by atoms with E-state index in [0.717, 1.165) is 37.3 Å². The Morgan fingerprint density at radius 2 is 2.32 bits per heavy atom. The van der Waals surface area contributed by atoms with Crippen molar-refractivity contribution < 1.29 is 4.79 Å². The van der Waals surface area contributed by atoms with E-state index in [2.05, 4.69) is 21.7 Å². The normalized spacial score (nSPS) is 24.6. The first kappa shape index (κ1) is 12.2. The molecule has 2 N–H and O–H groups in total. The second-order valence-corrected chi connectivity index (χ2v) is 5.61. The van der Waals surface area contributed by atoms with Gasteiger partial charge >= 0.3 is 0 Å². The number of carbonyl (C=O) groups excluding carboxylic acids is 1. The summed E-state index contributed by atoms with van der Waals surface area (Å²) in [5, 5.41) is 6.47. The van der Waals surface area contributed by atoms with Gasteiger partial charge in [-0.15, -0.1) is 0 Å². The minimum absolute atomic E-state index is 0.00754. The van der Waals surface area contributed by atoms with Crippen molar-refractivity contribution in [3.63, 3.8) is 0 Å². The second-order valence-electron chi connectivity index (χ2n) is 5.61. The van der Waals surface area contributed by atoms with E-state index >= 15 is 0 Å². The lowest BCUT2D eigenvalue weighted by atomic mass is 9.77. The van der Waals surface area contributed by atoms with Gasteiger partial charge in [-0.05, 0) is 43.4 Å². The fraction of sp³-hybridized carbons (Fsp3) is 0.467. The topological polar surface area (TPSA) is 53.5 Å². The quantitative estimate of drug-likeness (QED) is 0.807. The number of aliphatic imine (C=N–C) groups is 1. The summed E-state index contributed by atoms with van der Waals surface area (Å²) in [4.78, 5) is 15.7. The third-order valence-electron chi connectivity index (χ3n) is 4.03. The van der Waals surface area contributed by atoms with Crippen molar-refractivity contribution in [3.8, 4) is 0 Å². The average Bonchev–Trinajstić information content (AvgIpc) is 2.69. The molecule has 0 saturated carbocycles. The predicted octanol–water partition coefficient (Wildman–Crippen LogP) is 1.89. The fourth-order valence-corrected chi connectivity index (χ4v) is 3.19. The van der Waals surface area contributed by atoms with Gasteiger partial charge in [0.25, 0.3) is 0 Å². The van der Waals surface area contributed by atoms with E-state index in [0.29, 0.717) is 0 Å². The van der Waals surface area contributed by atoms with Gasteiger partial charge in [-0.2, -0.15) is 0 Å². The molecule has 19 heavy (non-hydrogen) atoms. The van der Waals surface area contributed by atoms with Crippen LogP contribution in [0.4, 0.5) is 5.69 Å². The lowest BCUT2D eigenvalue weighted by molar-refractivity contribution is -0.114. The molecule has 0 radical (unpaired) electrons. The number of nitrogens with zero attached hydrogens (tertiary/aromatic N) is 1. The second kappa shape index (κ2) is 4.37. The first-order valence-corrected chi connectivity index (χ1v) is 6.76. The van der Waals surface area contributed by atoms with Crippen LogP contribution in [0.25, 0.3) is 0 Å². The Morgan fingerprint density at radius 3 is 3.00 bits per heavy atom. The Kier molecular flexibility index (Phi) is 2.81. The Hall–Kier alpha value is -1.84. The molecule has 0 aromatic heterocycles. The van der Waals surface area contributed by atoms with Crippen LogP contribution >= 0.6 is 0 Å². The first-order valence-electron chi connectivity index (χ1n) is 6.76. The van der Waals surface area contributed by atoms with E-state index in [1.54, 1.807) is 6.92 Å². The van der Waals surface area contributed by atoms with Crippen LogP contribution in [0.15, 0.2) is 23.2 Å². The van der Waals surface area contributed by atoms with Gasteiger partial charge in [0.15, 0.2) is 0 Å². The highest BCUT2D eigenvalue weighted by Gasteiger charge is 2.37. The fourth-order valence-electron chi connectivity index (χ4n) is 3.19. The largest absolute Gasteiger partial charge is 0.366 e. The zero-order valence-electron chi connectivity index (χ0n) is 11.4. The molecule has 1 amide bonds. The number of hydrogen-bond acceptors (Lipinski definition) is 3. The number of carbonyl (C=O) groups is 1. The molecule has 1 heterocycles. The van der Waals surface area contributed by atoms with Crippen molar-refractivity contribution in [1.82, 2.24) is 5.32 Å². The number of amidine groups is 1. The number of fused-ring (bicyclic) bond motifs is 1. The van der Waals surface area contributed by atoms with E-state index in [4.69, 9.17) is 0 Å². The van der Waals surface area contributed by atoms with E-state index in [9.17, 15) is 4.79 Å². The smallest absolute Gasteiger partial charge is 0.221 e. The molecular weight excluding hydrogens is 238 g/mol. The minimum atomic E-state index is -0.00754. The maximum atomic E-state index is 11.2. The van der Waals surface area contributed by atoms with Crippen LogP contribution in [0.5, 0.6) is 0 Å². The Bertz CT molecular complexity index is 565. The third kappa shape index (κ3) is 2.23. The van der Waals surface area contributed by atoms with Gasteiger partial charge in [-0.1, -0.05) is 12.1 Å². The van der Waals surface area contributed by atoms with Crippen LogP contribution in [0.3, 0.4) is 0 Å². The summed E-state index contributed by atoms with van der Waals surface area (Å²) in [6.07, 6.45) is 3.04. The number of hydrogen-bond donors (Lipinski definition) is 2. The number of benzene rings is 1. The molecule has 4 heteroatoms. The van der Waals surface area contributed by atoms with Crippen LogP contribution in [0.1, 0.15) is 31.4 Å². The van der Waals surface area contributed by atoms with Crippen molar-refractivity contribution in [2.75, 3.05) is 11.9 Å². The van der Waals surface area contributed by atoms with Crippen molar-refractivity contribution in [3.05, 3.63) is 29.3 Å². The zero-order chi connectivity index (χ0) is 13.5. The maximum absolute atomic E-state index is 11.2. The molecule has 4 nitrogen and oxygen atoms in total. The molecule has 1 unspecified atom stereocenters. The van der Waals surface area contributed by atoms with Gasteiger partial charge in [0, 0.05) is 12.6 Å². The molecule has 1 aliphatic carbocycles. The van der Waals surface area contributed by atoms with E-state index < -0.39 is 0 Å². The monoisotopic (exact) mass is 257 g/mol. The zero-order valence-corrected chi connectivity index (χ0v) is 11.4. The molecule has 1 aliphatic heterocycles. The average molecular weight is 257 g/mol. The Labute approximate surface area is 113 Å². The van der Waals surface area contributed by atoms with Gasteiger partial charge < -0.3 is 10.6 Å². The Balaban J connectivity index is 1.88. The SMILES string of the molecule is CC(=O)Nc1cccc2c1CCC1(CN=C(C)N1)C2. The van der Waals surface area contributed by atoms with Crippen molar-refractivity contribution in [2.24, 2.45) is 4.99 Å². The van der Waals surface area contributed by atoms with Gasteiger partial charge in [0.1, 0.15) is 0 Å². The maximum Gasteiger partial charge on any atom is 0.221 e. The highest BCUT2D eigenvalue weighted by Crippen LogP contribution is 2.34. The third-order valence-corrected chi connectivity index (χ3v) is 4.03. The first-order chi connectivity index (χ1) is 9.08. The van der Waals surface area contributed by atoms with Gasteiger partial charge in [0.05, 0.1) is 17.9 Å². The molecule has 1 spiro atoms. The molecule has 3 rings (SSSR count). The van der Waals surface area contributed by atoms with Crippen LogP contribution in [0, 0.1) is 0 Å². The summed E-state index contributed by atoms with van der Waals surface area (Å²) in [6, 6.07) is 6.17. The molecule has 2 aliphatic rings. The molecule has 100 valence electrons. The van der Waals surface area contributed by atoms with Crippen LogP contribution in [0.2, 0.25) is 0 Å². The number of nitrogens with one attached hydrogen (secondary N) is 2. The number of amides is 1. The van der Waals surface area contributed by atoms with Crippen LogP contribution in [-0.2, 0) is 17.6 Å². The summed E-state index contributed by atoms with van der Waals surface area (Å²) in [5.41, 5.74) is 3.69. The van der Waals surface area contributed by atoms with E-state index in [1.165, 1.54) is 11.1 Å². The molecule has 1 aromatic carbocycles. The minimum Gasteiger partial charge on any atom is -0.366 e. The number of rotatable bonds is 1. The molecule has 0 bridgehead atoms. The molecular formula is C15H19N3O. The van der Waals surface area contributed by atoms with Gasteiger partial charge in [-0.3, -0.25) is 9.79 Å². The van der Waals surface area contributed by atoms with Crippen molar-refractivity contribution in [1.29, 1.82) is 0 Å². The lowest BCUT2D eigenvalue weighted by Crippen LogP contribution is -2.49. The standard InChI is InChI=1S/C15H19N3O/c1-10-16-9-15(18-10)7-6-13-12(8-15)4-3-5-14(13)17-11(2)19/h3-5H,6-9H2,1-2H3,(H,16,18)(H,17,19). The highest BCUT2D eigenvalue weighted by molar-refractivity contribution is 5.90. The van der Waals surface area contributed by atoms with E-state index in [-0.39, 0.29) is 11.4 Å². The van der Waals surface area contributed by atoms with Gasteiger partial charge in [0.2, 0.25) is 5.91 Å². The van der Waals surface area contributed by atoms with Crippen molar-refractivity contribution >= 4 is 17.4 Å². The summed E-state index contributed by atoms with van der Waals surface area (Å²) in [7, 11) is 0.